The van der Waals surface area contributed by atoms with E-state index in [1.165, 1.54) is 0 Å². The van der Waals surface area contributed by atoms with Gasteiger partial charge in [0, 0.05) is 35.4 Å². The zero-order valence-corrected chi connectivity index (χ0v) is 13.7. The van der Waals surface area contributed by atoms with Crippen LogP contribution >= 0.6 is 35.0 Å². The normalized spacial score (nSPS) is 13.2. The number of benzene rings is 1. The van der Waals surface area contributed by atoms with Gasteiger partial charge in [0.05, 0.1) is 0 Å². The SMILES string of the molecule is CN=C(NCc1ccc(Cl)cc1Cl)NCC(C)SC. The van der Waals surface area contributed by atoms with Crippen molar-refractivity contribution >= 4 is 40.9 Å². The van der Waals surface area contributed by atoms with Crippen molar-refractivity contribution in [3.05, 3.63) is 33.8 Å². The summed E-state index contributed by atoms with van der Waals surface area (Å²) >= 11 is 13.8. The molecule has 3 nitrogen and oxygen atoms in total. The van der Waals surface area contributed by atoms with Gasteiger partial charge in [0.1, 0.15) is 0 Å². The minimum absolute atomic E-state index is 0.540. The Morgan fingerprint density at radius 1 is 1.37 bits per heavy atom. The van der Waals surface area contributed by atoms with Crippen LogP contribution in [0.2, 0.25) is 10.0 Å². The van der Waals surface area contributed by atoms with Gasteiger partial charge in [-0.2, -0.15) is 11.8 Å². The van der Waals surface area contributed by atoms with Crippen molar-refractivity contribution < 1.29 is 0 Å². The number of halogens is 2. The monoisotopic (exact) mass is 319 g/mol. The Morgan fingerprint density at radius 2 is 2.11 bits per heavy atom. The highest BCUT2D eigenvalue weighted by Gasteiger charge is 2.04. The molecule has 1 unspecified atom stereocenters. The summed E-state index contributed by atoms with van der Waals surface area (Å²) in [5, 5.41) is 8.34. The maximum atomic E-state index is 6.12. The van der Waals surface area contributed by atoms with Gasteiger partial charge >= 0.3 is 0 Å². The van der Waals surface area contributed by atoms with Crippen molar-refractivity contribution in [1.29, 1.82) is 0 Å². The molecule has 0 saturated carbocycles. The number of hydrogen-bond acceptors (Lipinski definition) is 2. The van der Waals surface area contributed by atoms with Crippen molar-refractivity contribution in [2.75, 3.05) is 19.8 Å². The molecule has 0 bridgehead atoms. The van der Waals surface area contributed by atoms with Gasteiger partial charge in [-0.3, -0.25) is 4.99 Å². The predicted molar refractivity (Wildman–Crippen MR) is 87.6 cm³/mol. The average Bonchev–Trinajstić information content (AvgIpc) is 2.40. The van der Waals surface area contributed by atoms with Crippen LogP contribution in [0.1, 0.15) is 12.5 Å². The first-order valence-electron chi connectivity index (χ1n) is 5.98. The molecule has 0 aliphatic rings. The molecule has 1 atom stereocenters. The van der Waals surface area contributed by atoms with Gasteiger partial charge in [-0.1, -0.05) is 36.2 Å². The molecule has 0 heterocycles. The second kappa shape index (κ2) is 8.56. The average molecular weight is 320 g/mol. The van der Waals surface area contributed by atoms with Gasteiger partial charge in [-0.15, -0.1) is 0 Å². The van der Waals surface area contributed by atoms with Crippen LogP contribution in [0, 0.1) is 0 Å². The molecule has 0 fully saturated rings. The first-order chi connectivity index (χ1) is 9.06. The van der Waals surface area contributed by atoms with Gasteiger partial charge in [-0.25, -0.2) is 0 Å². The zero-order chi connectivity index (χ0) is 14.3. The summed E-state index contributed by atoms with van der Waals surface area (Å²) in [7, 11) is 1.75. The maximum absolute atomic E-state index is 6.12. The summed E-state index contributed by atoms with van der Waals surface area (Å²) in [6.07, 6.45) is 2.09. The molecule has 1 rings (SSSR count). The van der Waals surface area contributed by atoms with E-state index in [0.29, 0.717) is 21.8 Å². The molecule has 0 aliphatic heterocycles. The summed E-state index contributed by atoms with van der Waals surface area (Å²) in [5.74, 6) is 0.770. The van der Waals surface area contributed by atoms with Crippen molar-refractivity contribution in [2.24, 2.45) is 4.99 Å². The maximum Gasteiger partial charge on any atom is 0.191 e. The highest BCUT2D eigenvalue weighted by molar-refractivity contribution is 7.99. The molecular formula is C13H19Cl2N3S. The number of aliphatic imine (C=N–C) groups is 1. The van der Waals surface area contributed by atoms with Crippen LogP contribution in [0.25, 0.3) is 0 Å². The predicted octanol–water partition coefficient (Wildman–Crippen LogP) is 3.41. The summed E-state index contributed by atoms with van der Waals surface area (Å²) < 4.78 is 0. The number of guanidine groups is 1. The topological polar surface area (TPSA) is 36.4 Å². The second-order valence-corrected chi connectivity index (χ2v) is 6.21. The highest BCUT2D eigenvalue weighted by Crippen LogP contribution is 2.20. The minimum Gasteiger partial charge on any atom is -0.355 e. The van der Waals surface area contributed by atoms with Crippen LogP contribution in [0.15, 0.2) is 23.2 Å². The van der Waals surface area contributed by atoms with Gasteiger partial charge in [0.15, 0.2) is 5.96 Å². The molecule has 6 heteroatoms. The molecule has 0 radical (unpaired) electrons. The van der Waals surface area contributed by atoms with Gasteiger partial charge < -0.3 is 10.6 Å². The lowest BCUT2D eigenvalue weighted by Crippen LogP contribution is -2.39. The Balaban J connectivity index is 2.49. The molecule has 0 amide bonds. The number of rotatable bonds is 5. The van der Waals surface area contributed by atoms with E-state index in [-0.39, 0.29) is 0 Å². The number of thioether (sulfide) groups is 1. The van der Waals surface area contributed by atoms with Crippen LogP contribution in [-0.4, -0.2) is 31.1 Å². The number of nitrogens with one attached hydrogen (secondary N) is 2. The van der Waals surface area contributed by atoms with Crippen molar-refractivity contribution in [3.8, 4) is 0 Å². The summed E-state index contributed by atoms with van der Waals surface area (Å²) in [6, 6.07) is 5.48. The Morgan fingerprint density at radius 3 is 2.68 bits per heavy atom. The van der Waals surface area contributed by atoms with E-state index in [1.807, 2.05) is 23.9 Å². The summed E-state index contributed by atoms with van der Waals surface area (Å²) in [4.78, 5) is 4.17. The third-order valence-electron chi connectivity index (χ3n) is 2.64. The summed E-state index contributed by atoms with van der Waals surface area (Å²) in [5.41, 5.74) is 0.993. The van der Waals surface area contributed by atoms with Crippen LogP contribution < -0.4 is 10.6 Å². The molecule has 0 saturated heterocycles. The first-order valence-corrected chi connectivity index (χ1v) is 8.02. The van der Waals surface area contributed by atoms with Crippen molar-refractivity contribution in [3.63, 3.8) is 0 Å². The summed E-state index contributed by atoms with van der Waals surface area (Å²) in [6.45, 7) is 3.65. The minimum atomic E-state index is 0.540. The quantitative estimate of drug-likeness (QED) is 0.645. The Hall–Kier alpha value is -0.580. The van der Waals surface area contributed by atoms with Gasteiger partial charge in [-0.05, 0) is 24.0 Å². The van der Waals surface area contributed by atoms with Crippen molar-refractivity contribution in [1.82, 2.24) is 10.6 Å². The molecule has 0 aromatic heterocycles. The molecular weight excluding hydrogens is 301 g/mol. The van der Waals surface area contributed by atoms with E-state index in [0.717, 1.165) is 18.1 Å². The Bertz CT molecular complexity index is 438. The van der Waals surface area contributed by atoms with E-state index >= 15 is 0 Å². The fourth-order valence-corrected chi connectivity index (χ4v) is 2.11. The van der Waals surface area contributed by atoms with Gasteiger partial charge in [0.25, 0.3) is 0 Å². The Labute approximate surface area is 129 Å². The fraction of sp³-hybridized carbons (Fsp3) is 0.462. The lowest BCUT2D eigenvalue weighted by molar-refractivity contribution is 0.791. The van der Waals surface area contributed by atoms with E-state index in [2.05, 4.69) is 28.8 Å². The third kappa shape index (κ3) is 5.93. The molecule has 1 aromatic carbocycles. The Kier molecular flexibility index (Phi) is 7.42. The van der Waals surface area contributed by atoms with Gasteiger partial charge in [0.2, 0.25) is 0 Å². The molecule has 0 aliphatic carbocycles. The van der Waals surface area contributed by atoms with E-state index in [4.69, 9.17) is 23.2 Å². The standard InChI is InChI=1S/C13H19Cl2N3S/c1-9(19-3)7-17-13(16-2)18-8-10-4-5-11(14)6-12(10)15/h4-6,9H,7-8H2,1-3H3,(H2,16,17,18). The molecule has 19 heavy (non-hydrogen) atoms. The molecule has 2 N–H and O–H groups in total. The van der Waals surface area contributed by atoms with Crippen LogP contribution in [-0.2, 0) is 6.54 Å². The number of hydrogen-bond donors (Lipinski definition) is 2. The third-order valence-corrected chi connectivity index (χ3v) is 4.20. The van der Waals surface area contributed by atoms with Crippen molar-refractivity contribution in [2.45, 2.75) is 18.7 Å². The van der Waals surface area contributed by atoms with E-state index < -0.39 is 0 Å². The smallest absolute Gasteiger partial charge is 0.191 e. The fourth-order valence-electron chi connectivity index (χ4n) is 1.39. The zero-order valence-electron chi connectivity index (χ0n) is 11.3. The van der Waals surface area contributed by atoms with E-state index in [9.17, 15) is 0 Å². The van der Waals surface area contributed by atoms with E-state index in [1.54, 1.807) is 13.1 Å². The first kappa shape index (κ1) is 16.5. The van der Waals surface area contributed by atoms with Crippen LogP contribution in [0.3, 0.4) is 0 Å². The number of nitrogens with zero attached hydrogens (tertiary/aromatic N) is 1. The molecule has 1 aromatic rings. The second-order valence-electron chi connectivity index (χ2n) is 4.09. The molecule has 0 spiro atoms. The lowest BCUT2D eigenvalue weighted by atomic mass is 10.2. The lowest BCUT2D eigenvalue weighted by Gasteiger charge is -2.15. The largest absolute Gasteiger partial charge is 0.355 e. The highest BCUT2D eigenvalue weighted by atomic mass is 35.5. The van der Waals surface area contributed by atoms with Crippen LogP contribution in [0.4, 0.5) is 0 Å². The molecule has 106 valence electrons. The van der Waals surface area contributed by atoms with Crippen LogP contribution in [0.5, 0.6) is 0 Å².